The summed E-state index contributed by atoms with van der Waals surface area (Å²) in [5, 5.41) is 15.5. The highest BCUT2D eigenvalue weighted by molar-refractivity contribution is 7.88. The maximum atomic E-state index is 13.6. The van der Waals surface area contributed by atoms with Crippen LogP contribution in [-0.2, 0) is 19.6 Å². The Hall–Kier alpha value is -3.68. The number of benzene rings is 2. The first-order valence-corrected chi connectivity index (χ1v) is 16.2. The number of likely N-dealkylation sites (N-methyl/N-ethyl adjacent to an activating group) is 1. The number of fused-ring (bicyclic) bond motifs is 1. The largest absolute Gasteiger partial charge is 0.486 e. The van der Waals surface area contributed by atoms with E-state index in [1.807, 2.05) is 6.92 Å². The van der Waals surface area contributed by atoms with Crippen LogP contribution in [0.25, 0.3) is 0 Å². The van der Waals surface area contributed by atoms with Crippen LogP contribution in [0.3, 0.4) is 0 Å². The quantitative estimate of drug-likeness (QED) is 0.196. The van der Waals surface area contributed by atoms with Crippen LogP contribution in [0.4, 0.5) is 17.1 Å². The number of aliphatic hydroxyl groups excluding tert-OH is 1. The van der Waals surface area contributed by atoms with E-state index in [9.17, 15) is 27.9 Å². The molecule has 3 amide bonds. The Balaban J connectivity index is 1.68. The second kappa shape index (κ2) is 15.2. The summed E-state index contributed by atoms with van der Waals surface area (Å²) in [4.78, 5) is 40.3. The summed E-state index contributed by atoms with van der Waals surface area (Å²) in [6.45, 7) is 3.61. The molecule has 0 saturated carbocycles. The van der Waals surface area contributed by atoms with E-state index in [0.29, 0.717) is 42.7 Å². The molecule has 0 bridgehead atoms. The van der Waals surface area contributed by atoms with Gasteiger partial charge in [-0.15, -0.1) is 0 Å². The second-order valence-electron chi connectivity index (χ2n) is 11.1. The van der Waals surface area contributed by atoms with Crippen molar-refractivity contribution in [3.05, 3.63) is 48.0 Å². The minimum atomic E-state index is -3.50. The lowest BCUT2D eigenvalue weighted by Crippen LogP contribution is -2.50. The van der Waals surface area contributed by atoms with E-state index in [-0.39, 0.29) is 61.1 Å². The first kappa shape index (κ1) is 33.8. The number of carbonyl (C=O) groups is 3. The fraction of sp³-hybridized carbons (Fsp3) is 0.500. The van der Waals surface area contributed by atoms with Gasteiger partial charge in [0.05, 0.1) is 48.1 Å². The van der Waals surface area contributed by atoms with Gasteiger partial charge >= 0.3 is 0 Å². The summed E-state index contributed by atoms with van der Waals surface area (Å²) in [5.41, 5.74) is 7.43. The van der Waals surface area contributed by atoms with Crippen molar-refractivity contribution >= 4 is 44.8 Å². The van der Waals surface area contributed by atoms with Gasteiger partial charge < -0.3 is 31.1 Å². The molecule has 1 heterocycles. The van der Waals surface area contributed by atoms with Crippen molar-refractivity contribution in [2.75, 3.05) is 49.4 Å². The Morgan fingerprint density at radius 1 is 1.07 bits per heavy atom. The van der Waals surface area contributed by atoms with E-state index in [2.05, 4.69) is 10.6 Å². The van der Waals surface area contributed by atoms with E-state index in [4.69, 9.17) is 10.5 Å². The van der Waals surface area contributed by atoms with Gasteiger partial charge in [0.25, 0.3) is 5.91 Å². The average molecular weight is 618 g/mol. The zero-order valence-corrected chi connectivity index (χ0v) is 26.0. The van der Waals surface area contributed by atoms with Crippen LogP contribution < -0.4 is 21.1 Å². The Morgan fingerprint density at radius 2 is 1.67 bits per heavy atom. The summed E-state index contributed by atoms with van der Waals surface area (Å²) in [5.74, 6) is -0.931. The number of para-hydroxylation sites is 3. The van der Waals surface area contributed by atoms with Gasteiger partial charge in [-0.25, -0.2) is 12.7 Å². The van der Waals surface area contributed by atoms with Gasteiger partial charge in [0, 0.05) is 32.4 Å². The predicted octanol–water partition coefficient (Wildman–Crippen LogP) is 2.91. The number of ether oxygens (including phenoxy) is 1. The van der Waals surface area contributed by atoms with Crippen LogP contribution in [0, 0.1) is 5.92 Å². The molecule has 3 rings (SSSR count). The third-order valence-corrected chi connectivity index (χ3v) is 8.79. The van der Waals surface area contributed by atoms with Gasteiger partial charge in [0.1, 0.15) is 6.10 Å². The van der Waals surface area contributed by atoms with Crippen LogP contribution in [0.1, 0.15) is 56.3 Å². The van der Waals surface area contributed by atoms with Crippen molar-refractivity contribution in [1.82, 2.24) is 9.21 Å². The number of nitrogens with zero attached hydrogens (tertiary/aromatic N) is 2. The molecule has 0 aromatic heterocycles. The predicted molar refractivity (Wildman–Crippen MR) is 166 cm³/mol. The standard InChI is InChI=1S/C30H43N5O7S/c1-20-17-35(21(2)19-36)30(39)22-11-10-14-25(29(22)42-26(20)18-34(3)43(4,40)41)33-28(38)16-7-5-6-15-27(37)32-24-13-9-8-12-23(24)31/h8-14,20-21,26,36H,5-7,15-19,31H2,1-4H3,(H,32,37)(H,33,38)/t20-,21+,26-/m0/s1. The van der Waals surface area contributed by atoms with Crippen LogP contribution in [0.5, 0.6) is 5.75 Å². The fourth-order valence-electron chi connectivity index (χ4n) is 4.73. The Morgan fingerprint density at radius 3 is 2.28 bits per heavy atom. The van der Waals surface area contributed by atoms with Crippen LogP contribution >= 0.6 is 0 Å². The average Bonchev–Trinajstić information content (AvgIpc) is 2.95. The number of unbranched alkanes of at least 4 members (excludes halogenated alkanes) is 2. The molecule has 0 aliphatic carbocycles. The first-order valence-electron chi connectivity index (χ1n) is 14.4. The zero-order valence-electron chi connectivity index (χ0n) is 25.2. The van der Waals surface area contributed by atoms with Crippen molar-refractivity contribution in [2.24, 2.45) is 5.92 Å². The van der Waals surface area contributed by atoms with Gasteiger partial charge in [-0.05, 0) is 44.0 Å². The molecule has 1 aliphatic heterocycles. The summed E-state index contributed by atoms with van der Waals surface area (Å²) in [7, 11) is -2.05. The van der Waals surface area contributed by atoms with Crippen LogP contribution in [0.15, 0.2) is 42.5 Å². The van der Waals surface area contributed by atoms with Crippen LogP contribution in [-0.4, -0.2) is 85.6 Å². The van der Waals surface area contributed by atoms with Gasteiger partial charge in [-0.3, -0.25) is 14.4 Å². The van der Waals surface area contributed by atoms with E-state index < -0.39 is 22.2 Å². The molecule has 0 spiro atoms. The number of anilines is 3. The third-order valence-electron chi connectivity index (χ3n) is 7.51. The van der Waals surface area contributed by atoms with Gasteiger partial charge in [0.2, 0.25) is 21.8 Å². The Kier molecular flexibility index (Phi) is 11.9. The number of nitrogens with two attached hydrogens (primary N) is 1. The molecule has 236 valence electrons. The molecule has 2 aromatic rings. The maximum Gasteiger partial charge on any atom is 0.258 e. The summed E-state index contributed by atoms with van der Waals surface area (Å²) < 4.78 is 31.8. The highest BCUT2D eigenvalue weighted by Gasteiger charge is 2.35. The lowest BCUT2D eigenvalue weighted by atomic mass is 9.99. The highest BCUT2D eigenvalue weighted by atomic mass is 32.2. The lowest BCUT2D eigenvalue weighted by molar-refractivity contribution is -0.116. The number of rotatable bonds is 13. The van der Waals surface area contributed by atoms with Crippen molar-refractivity contribution in [2.45, 2.75) is 58.1 Å². The zero-order chi connectivity index (χ0) is 31.7. The number of carbonyl (C=O) groups excluding carboxylic acids is 3. The minimum absolute atomic E-state index is 0.0295. The molecule has 43 heavy (non-hydrogen) atoms. The van der Waals surface area contributed by atoms with E-state index in [1.165, 1.54) is 11.4 Å². The summed E-state index contributed by atoms with van der Waals surface area (Å²) >= 11 is 0. The molecule has 13 heteroatoms. The molecular weight excluding hydrogens is 574 g/mol. The summed E-state index contributed by atoms with van der Waals surface area (Å²) in [6, 6.07) is 11.4. The van der Waals surface area contributed by atoms with Crippen LogP contribution in [0.2, 0.25) is 0 Å². The number of aliphatic hydroxyl groups is 1. The van der Waals surface area contributed by atoms with Gasteiger partial charge in [0.15, 0.2) is 5.75 Å². The number of nitrogen functional groups attached to an aromatic ring is 1. The molecule has 12 nitrogen and oxygen atoms in total. The Labute approximate surface area is 253 Å². The maximum absolute atomic E-state index is 13.6. The minimum Gasteiger partial charge on any atom is -0.486 e. The fourth-order valence-corrected chi connectivity index (χ4v) is 5.15. The lowest BCUT2D eigenvalue weighted by Gasteiger charge is -2.38. The molecule has 0 unspecified atom stereocenters. The number of sulfonamides is 1. The molecule has 0 saturated heterocycles. The second-order valence-corrected chi connectivity index (χ2v) is 13.2. The number of hydrogen-bond donors (Lipinski definition) is 4. The molecule has 3 atom stereocenters. The number of nitrogens with one attached hydrogen (secondary N) is 2. The topological polar surface area (TPSA) is 171 Å². The number of hydrogen-bond acceptors (Lipinski definition) is 8. The van der Waals surface area contributed by atoms with E-state index in [0.717, 1.165) is 6.26 Å². The summed E-state index contributed by atoms with van der Waals surface area (Å²) in [6.07, 6.45) is 2.74. The molecule has 1 aliphatic rings. The van der Waals surface area contributed by atoms with Gasteiger partial charge in [-0.2, -0.15) is 0 Å². The van der Waals surface area contributed by atoms with Crippen molar-refractivity contribution in [3.63, 3.8) is 0 Å². The molecule has 0 radical (unpaired) electrons. The highest BCUT2D eigenvalue weighted by Crippen LogP contribution is 2.35. The van der Waals surface area contributed by atoms with Crippen molar-refractivity contribution in [1.29, 1.82) is 0 Å². The van der Waals surface area contributed by atoms with Gasteiger partial charge in [-0.1, -0.05) is 31.5 Å². The molecular formula is C30H43N5O7S. The molecule has 5 N–H and O–H groups in total. The molecule has 2 aromatic carbocycles. The first-order chi connectivity index (χ1) is 20.3. The smallest absolute Gasteiger partial charge is 0.258 e. The van der Waals surface area contributed by atoms with E-state index >= 15 is 0 Å². The third kappa shape index (κ3) is 9.40. The SMILES string of the molecule is C[C@H](CO)N1C[C@H](C)[C@H](CN(C)S(C)(=O)=O)Oc2c(NC(=O)CCCCCC(=O)Nc3ccccc3N)cccc2C1=O. The number of amides is 3. The Bertz CT molecular complexity index is 1400. The van der Waals surface area contributed by atoms with E-state index in [1.54, 1.807) is 54.3 Å². The monoisotopic (exact) mass is 617 g/mol. The molecule has 0 fully saturated rings. The van der Waals surface area contributed by atoms with Crippen molar-refractivity contribution < 1.29 is 32.6 Å². The normalized spacial score (nSPS) is 17.8. The van der Waals surface area contributed by atoms with Crippen molar-refractivity contribution in [3.8, 4) is 5.75 Å².